The van der Waals surface area contributed by atoms with Crippen molar-refractivity contribution in [3.63, 3.8) is 0 Å². The molecule has 0 saturated carbocycles. The molecule has 1 aliphatic heterocycles. The van der Waals surface area contributed by atoms with Crippen LogP contribution in [0.4, 0.5) is 0 Å². The van der Waals surface area contributed by atoms with Gasteiger partial charge in [0.1, 0.15) is 5.75 Å². The smallest absolute Gasteiger partial charge is 0.194 e. The highest BCUT2D eigenvalue weighted by Gasteiger charge is 2.36. The molecule has 1 N–H and O–H groups in total. The van der Waals surface area contributed by atoms with Gasteiger partial charge in [0.2, 0.25) is 0 Å². The van der Waals surface area contributed by atoms with Gasteiger partial charge >= 0.3 is 0 Å². The van der Waals surface area contributed by atoms with Crippen molar-refractivity contribution in [1.82, 2.24) is 10.2 Å². The molecule has 0 aliphatic carbocycles. The van der Waals surface area contributed by atoms with E-state index in [2.05, 4.69) is 78.6 Å². The zero-order valence-electron chi connectivity index (χ0n) is 16.2. The Morgan fingerprint density at radius 3 is 2.58 bits per heavy atom. The molecule has 0 amide bonds. The van der Waals surface area contributed by atoms with Gasteiger partial charge in [0.25, 0.3) is 0 Å². The number of aliphatic imine (C=N–C) groups is 1. The topological polar surface area (TPSA) is 36.9 Å². The van der Waals surface area contributed by atoms with Gasteiger partial charge in [0.05, 0.1) is 12.1 Å². The van der Waals surface area contributed by atoms with Crippen molar-refractivity contribution >= 4 is 5.96 Å². The second kappa shape index (κ2) is 7.81. The minimum Gasteiger partial charge on any atom is -0.494 e. The molecule has 1 aliphatic rings. The lowest BCUT2D eigenvalue weighted by Gasteiger charge is -2.25. The van der Waals surface area contributed by atoms with E-state index in [1.165, 1.54) is 16.7 Å². The molecule has 0 aromatic heterocycles. The Labute approximate surface area is 156 Å². The van der Waals surface area contributed by atoms with Crippen molar-refractivity contribution < 1.29 is 4.74 Å². The van der Waals surface area contributed by atoms with Crippen LogP contribution in [0.2, 0.25) is 0 Å². The van der Waals surface area contributed by atoms with Crippen LogP contribution in [0.5, 0.6) is 5.75 Å². The molecule has 26 heavy (non-hydrogen) atoms. The second-order valence-corrected chi connectivity index (χ2v) is 7.17. The van der Waals surface area contributed by atoms with Gasteiger partial charge in [-0.05, 0) is 48.2 Å². The van der Waals surface area contributed by atoms with Gasteiger partial charge in [-0.2, -0.15) is 0 Å². The third kappa shape index (κ3) is 3.85. The van der Waals surface area contributed by atoms with Gasteiger partial charge in [-0.1, -0.05) is 43.7 Å². The van der Waals surface area contributed by atoms with Crippen molar-refractivity contribution in [2.75, 3.05) is 27.2 Å². The van der Waals surface area contributed by atoms with Crippen molar-refractivity contribution in [2.45, 2.75) is 32.2 Å². The first-order chi connectivity index (χ1) is 12.6. The highest BCUT2D eigenvalue weighted by molar-refractivity contribution is 5.83. The monoisotopic (exact) mass is 351 g/mol. The van der Waals surface area contributed by atoms with Crippen LogP contribution in [0.1, 0.15) is 32.3 Å². The van der Waals surface area contributed by atoms with Gasteiger partial charge in [-0.15, -0.1) is 0 Å². The Morgan fingerprint density at radius 2 is 1.88 bits per heavy atom. The maximum atomic E-state index is 5.87. The zero-order chi connectivity index (χ0) is 18.6. The zero-order valence-corrected chi connectivity index (χ0v) is 16.2. The molecule has 1 fully saturated rings. The summed E-state index contributed by atoms with van der Waals surface area (Å²) in [5.41, 5.74) is 3.50. The van der Waals surface area contributed by atoms with Crippen molar-refractivity contribution in [1.29, 1.82) is 0 Å². The summed E-state index contributed by atoms with van der Waals surface area (Å²) in [5.74, 6) is 1.87. The Balaban J connectivity index is 1.85. The molecular formula is C22H29N3O. The van der Waals surface area contributed by atoms with E-state index in [0.29, 0.717) is 0 Å². The number of ether oxygens (including phenoxy) is 1. The van der Waals surface area contributed by atoms with E-state index in [0.717, 1.165) is 37.7 Å². The average molecular weight is 351 g/mol. The SMILES string of the molecule is CCCCOc1cccc(-c2cccc(C3(C)CN(C)C(=NC)N3)c2)c1. The Bertz CT molecular complexity index is 786. The van der Waals surface area contributed by atoms with Gasteiger partial charge in [0, 0.05) is 20.6 Å². The van der Waals surface area contributed by atoms with Gasteiger partial charge in [0.15, 0.2) is 5.96 Å². The lowest BCUT2D eigenvalue weighted by Crippen LogP contribution is -2.37. The maximum absolute atomic E-state index is 5.87. The third-order valence-corrected chi connectivity index (χ3v) is 4.95. The standard InChI is InChI=1S/C22H29N3O/c1-5-6-13-26-20-12-8-10-18(15-20)17-9-7-11-19(14-17)22(2)16-25(4)21(23-3)24-22/h7-12,14-15H,5-6,13,16H2,1-4H3,(H,23,24). The number of nitrogens with one attached hydrogen (secondary N) is 1. The fourth-order valence-electron chi connectivity index (χ4n) is 3.46. The van der Waals surface area contributed by atoms with E-state index in [9.17, 15) is 0 Å². The Hall–Kier alpha value is -2.49. The number of nitrogens with zero attached hydrogens (tertiary/aromatic N) is 2. The van der Waals surface area contributed by atoms with Crippen LogP contribution in [0, 0.1) is 0 Å². The van der Waals surface area contributed by atoms with Crippen molar-refractivity contribution in [3.8, 4) is 16.9 Å². The lowest BCUT2D eigenvalue weighted by atomic mass is 9.90. The second-order valence-electron chi connectivity index (χ2n) is 7.17. The van der Waals surface area contributed by atoms with Gasteiger partial charge < -0.3 is 15.0 Å². The first-order valence-electron chi connectivity index (χ1n) is 9.35. The van der Waals surface area contributed by atoms with Crippen LogP contribution in [0.15, 0.2) is 53.5 Å². The normalized spacial score (nSPS) is 21.1. The minimum atomic E-state index is -0.144. The molecule has 0 radical (unpaired) electrons. The van der Waals surface area contributed by atoms with Crippen LogP contribution in [-0.2, 0) is 5.54 Å². The summed E-state index contributed by atoms with van der Waals surface area (Å²) in [6, 6.07) is 17.1. The molecule has 0 bridgehead atoms. The van der Waals surface area contributed by atoms with Gasteiger partial charge in [-0.25, -0.2) is 0 Å². The van der Waals surface area contributed by atoms with E-state index in [4.69, 9.17) is 4.74 Å². The van der Waals surface area contributed by atoms with E-state index in [-0.39, 0.29) is 5.54 Å². The maximum Gasteiger partial charge on any atom is 0.194 e. The number of rotatable bonds is 6. The molecule has 1 heterocycles. The van der Waals surface area contributed by atoms with E-state index < -0.39 is 0 Å². The molecule has 2 aromatic rings. The van der Waals surface area contributed by atoms with E-state index >= 15 is 0 Å². The quantitative estimate of drug-likeness (QED) is 0.790. The molecular weight excluding hydrogens is 322 g/mol. The van der Waals surface area contributed by atoms with E-state index in [1.54, 1.807) is 0 Å². The van der Waals surface area contributed by atoms with E-state index in [1.807, 2.05) is 13.1 Å². The van der Waals surface area contributed by atoms with Crippen LogP contribution in [0.3, 0.4) is 0 Å². The van der Waals surface area contributed by atoms with Crippen molar-refractivity contribution in [3.05, 3.63) is 54.1 Å². The molecule has 1 atom stereocenters. The van der Waals surface area contributed by atoms with Crippen molar-refractivity contribution in [2.24, 2.45) is 4.99 Å². The molecule has 1 saturated heterocycles. The summed E-state index contributed by atoms with van der Waals surface area (Å²) in [5, 5.41) is 3.56. The molecule has 4 heteroatoms. The highest BCUT2D eigenvalue weighted by Crippen LogP contribution is 2.31. The average Bonchev–Trinajstić information content (AvgIpc) is 2.97. The summed E-state index contributed by atoms with van der Waals surface area (Å²) in [6.07, 6.45) is 2.23. The van der Waals surface area contributed by atoms with Gasteiger partial charge in [-0.3, -0.25) is 4.99 Å². The highest BCUT2D eigenvalue weighted by atomic mass is 16.5. The van der Waals surface area contributed by atoms with Crippen LogP contribution >= 0.6 is 0 Å². The summed E-state index contributed by atoms with van der Waals surface area (Å²) in [6.45, 7) is 6.07. The molecule has 2 aromatic carbocycles. The van der Waals surface area contributed by atoms with Crippen LogP contribution in [0.25, 0.3) is 11.1 Å². The predicted octanol–water partition coefficient (Wildman–Crippen LogP) is 4.27. The number of guanidine groups is 1. The number of benzene rings is 2. The molecule has 1 unspecified atom stereocenters. The fraction of sp³-hybridized carbons (Fsp3) is 0.409. The molecule has 3 rings (SSSR count). The number of unbranched alkanes of at least 4 members (excludes halogenated alkanes) is 1. The summed E-state index contributed by atoms with van der Waals surface area (Å²) in [7, 11) is 3.90. The number of hydrogen-bond acceptors (Lipinski definition) is 2. The first-order valence-corrected chi connectivity index (χ1v) is 9.35. The first kappa shape index (κ1) is 18.3. The Kier molecular flexibility index (Phi) is 5.50. The predicted molar refractivity (Wildman–Crippen MR) is 109 cm³/mol. The number of likely N-dealkylation sites (N-methyl/N-ethyl adjacent to an activating group) is 1. The Morgan fingerprint density at radius 1 is 1.15 bits per heavy atom. The minimum absolute atomic E-state index is 0.144. The van der Waals surface area contributed by atoms with Crippen LogP contribution in [-0.4, -0.2) is 38.1 Å². The summed E-state index contributed by atoms with van der Waals surface area (Å²) >= 11 is 0. The third-order valence-electron chi connectivity index (χ3n) is 4.95. The lowest BCUT2D eigenvalue weighted by molar-refractivity contribution is 0.309. The molecule has 4 nitrogen and oxygen atoms in total. The largest absolute Gasteiger partial charge is 0.494 e. The summed E-state index contributed by atoms with van der Waals surface area (Å²) < 4.78 is 5.87. The summed E-state index contributed by atoms with van der Waals surface area (Å²) in [4.78, 5) is 6.49. The molecule has 138 valence electrons. The molecule has 0 spiro atoms. The fourth-order valence-corrected chi connectivity index (χ4v) is 3.46. The number of hydrogen-bond donors (Lipinski definition) is 1. The van der Waals surface area contributed by atoms with Crippen LogP contribution < -0.4 is 10.1 Å².